The van der Waals surface area contributed by atoms with Crippen molar-refractivity contribution >= 4 is 5.96 Å². The molecule has 3 heterocycles. The second kappa shape index (κ2) is 12.0. The largest absolute Gasteiger partial charge is 0.468 e. The van der Waals surface area contributed by atoms with Crippen molar-refractivity contribution in [1.82, 2.24) is 20.4 Å². The van der Waals surface area contributed by atoms with Gasteiger partial charge in [-0.25, -0.2) is 4.99 Å². The van der Waals surface area contributed by atoms with Crippen LogP contribution in [0, 0.1) is 0 Å². The Kier molecular flexibility index (Phi) is 8.59. The Morgan fingerprint density at radius 1 is 1.03 bits per heavy atom. The van der Waals surface area contributed by atoms with Crippen LogP contribution in [0.1, 0.15) is 42.7 Å². The smallest absolute Gasteiger partial charge is 0.191 e. The van der Waals surface area contributed by atoms with E-state index in [1.54, 1.807) is 6.26 Å². The summed E-state index contributed by atoms with van der Waals surface area (Å²) in [5, 5.41) is 6.94. The lowest BCUT2D eigenvalue weighted by molar-refractivity contribution is 0.0342. The van der Waals surface area contributed by atoms with E-state index in [1.165, 1.54) is 24.0 Å². The number of guanidine groups is 1. The van der Waals surface area contributed by atoms with Gasteiger partial charge in [0.2, 0.25) is 0 Å². The molecule has 0 saturated carbocycles. The standard InChI is InChI=1S/C25H37N5O2/c1-2-26-25(28-19-23(24-9-6-14-32-24)30-10-3-4-11-30)27-18-21-7-5-8-22(17-21)20-29-12-15-31-16-13-29/h5-9,14,17,23H,2-4,10-13,15-16,18-20H2,1H3,(H2,26,27,28). The molecule has 4 rings (SSSR count). The molecule has 0 radical (unpaired) electrons. The van der Waals surface area contributed by atoms with Gasteiger partial charge < -0.3 is 19.8 Å². The summed E-state index contributed by atoms with van der Waals surface area (Å²) in [6.45, 7) is 11.2. The summed E-state index contributed by atoms with van der Waals surface area (Å²) in [7, 11) is 0. The predicted molar refractivity (Wildman–Crippen MR) is 128 cm³/mol. The third-order valence-corrected chi connectivity index (χ3v) is 6.18. The van der Waals surface area contributed by atoms with Crippen molar-refractivity contribution in [3.63, 3.8) is 0 Å². The predicted octanol–water partition coefficient (Wildman–Crippen LogP) is 3.00. The summed E-state index contributed by atoms with van der Waals surface area (Å²) in [4.78, 5) is 9.82. The van der Waals surface area contributed by atoms with Crippen LogP contribution >= 0.6 is 0 Å². The van der Waals surface area contributed by atoms with Crippen molar-refractivity contribution in [2.24, 2.45) is 4.99 Å². The number of furan rings is 1. The first-order valence-corrected chi connectivity index (χ1v) is 12.0. The normalized spacial score (nSPS) is 19.2. The monoisotopic (exact) mass is 439 g/mol. The highest BCUT2D eigenvalue weighted by Gasteiger charge is 2.25. The molecule has 7 heteroatoms. The zero-order valence-corrected chi connectivity index (χ0v) is 19.3. The average molecular weight is 440 g/mol. The van der Waals surface area contributed by atoms with Gasteiger partial charge in [0.15, 0.2) is 5.96 Å². The minimum absolute atomic E-state index is 0.230. The van der Waals surface area contributed by atoms with E-state index < -0.39 is 0 Å². The number of nitrogens with one attached hydrogen (secondary N) is 2. The summed E-state index contributed by atoms with van der Waals surface area (Å²) >= 11 is 0. The van der Waals surface area contributed by atoms with Crippen LogP contribution in [-0.4, -0.2) is 68.2 Å². The molecule has 2 saturated heterocycles. The fraction of sp³-hybridized carbons (Fsp3) is 0.560. The molecule has 2 N–H and O–H groups in total. The number of hydrogen-bond acceptors (Lipinski definition) is 5. The maximum atomic E-state index is 5.75. The molecule has 32 heavy (non-hydrogen) atoms. The summed E-state index contributed by atoms with van der Waals surface area (Å²) in [6, 6.07) is 13.1. The topological polar surface area (TPSA) is 65.3 Å². The molecule has 0 bridgehead atoms. The van der Waals surface area contributed by atoms with Crippen LogP contribution < -0.4 is 10.6 Å². The molecule has 2 aliphatic rings. The highest BCUT2D eigenvalue weighted by molar-refractivity contribution is 5.79. The molecule has 1 aromatic carbocycles. The zero-order chi connectivity index (χ0) is 22.0. The Balaban J connectivity index is 1.36. The summed E-state index contributed by atoms with van der Waals surface area (Å²) in [5.41, 5.74) is 2.57. The Labute approximate surface area is 191 Å². The number of ether oxygens (including phenoxy) is 1. The Morgan fingerprint density at radius 2 is 1.84 bits per heavy atom. The number of hydrogen-bond donors (Lipinski definition) is 2. The lowest BCUT2D eigenvalue weighted by Gasteiger charge is -2.27. The molecule has 0 aliphatic carbocycles. The first-order chi connectivity index (χ1) is 15.8. The average Bonchev–Trinajstić information content (AvgIpc) is 3.54. The van der Waals surface area contributed by atoms with E-state index in [1.807, 2.05) is 6.07 Å². The van der Waals surface area contributed by atoms with Gasteiger partial charge in [-0.2, -0.15) is 0 Å². The van der Waals surface area contributed by atoms with Gasteiger partial charge in [0.25, 0.3) is 0 Å². The van der Waals surface area contributed by atoms with E-state index in [0.717, 1.165) is 70.7 Å². The van der Waals surface area contributed by atoms with E-state index in [9.17, 15) is 0 Å². The van der Waals surface area contributed by atoms with Crippen molar-refractivity contribution in [3.05, 3.63) is 59.5 Å². The minimum atomic E-state index is 0.230. The maximum absolute atomic E-state index is 5.75. The van der Waals surface area contributed by atoms with Crippen molar-refractivity contribution < 1.29 is 9.15 Å². The fourth-order valence-electron chi connectivity index (χ4n) is 4.49. The third kappa shape index (κ3) is 6.58. The van der Waals surface area contributed by atoms with Crippen molar-refractivity contribution in [2.45, 2.75) is 38.9 Å². The maximum Gasteiger partial charge on any atom is 0.191 e. The quantitative estimate of drug-likeness (QED) is 0.463. The zero-order valence-electron chi connectivity index (χ0n) is 19.3. The van der Waals surface area contributed by atoms with Gasteiger partial charge in [0.05, 0.1) is 32.1 Å². The molecule has 1 atom stereocenters. The molecule has 174 valence electrons. The number of benzene rings is 1. The molecule has 2 fully saturated rings. The first kappa shape index (κ1) is 22.8. The van der Waals surface area contributed by atoms with Gasteiger partial charge >= 0.3 is 0 Å². The SMILES string of the molecule is CCNC(=NCc1cccc(CN2CCOCC2)c1)NCC(c1ccco1)N1CCCC1. The Hall–Kier alpha value is -2.35. The van der Waals surface area contributed by atoms with Crippen LogP contribution in [0.5, 0.6) is 0 Å². The van der Waals surface area contributed by atoms with E-state index in [4.69, 9.17) is 14.1 Å². The highest BCUT2D eigenvalue weighted by Crippen LogP contribution is 2.24. The lowest BCUT2D eigenvalue weighted by atomic mass is 10.1. The minimum Gasteiger partial charge on any atom is -0.468 e. The number of rotatable bonds is 9. The van der Waals surface area contributed by atoms with Crippen LogP contribution in [0.4, 0.5) is 0 Å². The van der Waals surface area contributed by atoms with E-state index in [-0.39, 0.29) is 6.04 Å². The van der Waals surface area contributed by atoms with E-state index in [0.29, 0.717) is 6.54 Å². The van der Waals surface area contributed by atoms with E-state index >= 15 is 0 Å². The highest BCUT2D eigenvalue weighted by atomic mass is 16.5. The molecular weight excluding hydrogens is 402 g/mol. The van der Waals surface area contributed by atoms with Gasteiger partial charge in [0, 0.05) is 32.7 Å². The van der Waals surface area contributed by atoms with Crippen LogP contribution in [0.2, 0.25) is 0 Å². The van der Waals surface area contributed by atoms with Crippen LogP contribution in [-0.2, 0) is 17.8 Å². The van der Waals surface area contributed by atoms with Crippen molar-refractivity contribution in [3.8, 4) is 0 Å². The molecule has 0 spiro atoms. The van der Waals surface area contributed by atoms with Crippen molar-refractivity contribution in [2.75, 3.05) is 52.5 Å². The molecular formula is C25H37N5O2. The number of nitrogens with zero attached hydrogens (tertiary/aromatic N) is 3. The van der Waals surface area contributed by atoms with E-state index in [2.05, 4.69) is 57.7 Å². The molecule has 2 aliphatic heterocycles. The number of likely N-dealkylation sites (tertiary alicyclic amines) is 1. The lowest BCUT2D eigenvalue weighted by Crippen LogP contribution is -2.42. The second-order valence-electron chi connectivity index (χ2n) is 8.56. The Morgan fingerprint density at radius 3 is 2.59 bits per heavy atom. The van der Waals surface area contributed by atoms with Crippen molar-refractivity contribution in [1.29, 1.82) is 0 Å². The van der Waals surface area contributed by atoms with Gasteiger partial charge in [0.1, 0.15) is 5.76 Å². The molecule has 7 nitrogen and oxygen atoms in total. The first-order valence-electron chi connectivity index (χ1n) is 12.0. The van der Waals surface area contributed by atoms with Gasteiger partial charge in [-0.3, -0.25) is 9.80 Å². The fourth-order valence-corrected chi connectivity index (χ4v) is 4.49. The molecule has 1 aromatic heterocycles. The number of morpholine rings is 1. The Bertz CT molecular complexity index is 827. The summed E-state index contributed by atoms with van der Waals surface area (Å²) in [5.74, 6) is 1.87. The van der Waals surface area contributed by atoms with Gasteiger partial charge in [-0.05, 0) is 56.1 Å². The summed E-state index contributed by atoms with van der Waals surface area (Å²) in [6.07, 6.45) is 4.28. The van der Waals surface area contributed by atoms with Gasteiger partial charge in [-0.1, -0.05) is 24.3 Å². The molecule has 0 amide bonds. The molecule has 1 unspecified atom stereocenters. The van der Waals surface area contributed by atoms with Crippen LogP contribution in [0.15, 0.2) is 52.1 Å². The summed E-state index contributed by atoms with van der Waals surface area (Å²) < 4.78 is 11.2. The second-order valence-corrected chi connectivity index (χ2v) is 8.56. The van der Waals surface area contributed by atoms with Gasteiger partial charge in [-0.15, -0.1) is 0 Å². The number of aliphatic imine (C=N–C) groups is 1. The third-order valence-electron chi connectivity index (χ3n) is 6.18. The van der Waals surface area contributed by atoms with Crippen LogP contribution in [0.3, 0.4) is 0 Å². The molecule has 2 aromatic rings. The van der Waals surface area contributed by atoms with Crippen LogP contribution in [0.25, 0.3) is 0 Å².